The van der Waals surface area contributed by atoms with Crippen LogP contribution in [0.1, 0.15) is 11.3 Å². The lowest BCUT2D eigenvalue weighted by atomic mass is 10.1. The third-order valence-corrected chi connectivity index (χ3v) is 4.10. The highest BCUT2D eigenvalue weighted by molar-refractivity contribution is 5.73. The molecule has 1 aliphatic heterocycles. The molecule has 1 aromatic carbocycles. The van der Waals surface area contributed by atoms with Crippen LogP contribution in [-0.4, -0.2) is 37.1 Å². The van der Waals surface area contributed by atoms with Gasteiger partial charge in [0.1, 0.15) is 5.82 Å². The van der Waals surface area contributed by atoms with Gasteiger partial charge in [-0.2, -0.15) is 4.52 Å². The summed E-state index contributed by atoms with van der Waals surface area (Å²) in [5.41, 5.74) is 6.75. The quantitative estimate of drug-likeness (QED) is 0.684. The van der Waals surface area contributed by atoms with Gasteiger partial charge in [0.15, 0.2) is 11.5 Å². The minimum atomic E-state index is -0.543. The molecule has 0 saturated carbocycles. The van der Waals surface area contributed by atoms with Gasteiger partial charge >= 0.3 is 11.7 Å². The number of hydrogen-bond acceptors (Lipinski definition) is 4. The van der Waals surface area contributed by atoms with E-state index in [0.29, 0.717) is 29.9 Å². The van der Waals surface area contributed by atoms with Gasteiger partial charge in [0.25, 0.3) is 0 Å². The number of fused-ring (bicyclic) bond motifs is 3. The number of rotatable bonds is 1. The van der Waals surface area contributed by atoms with Crippen molar-refractivity contribution < 1.29 is 9.18 Å². The van der Waals surface area contributed by atoms with Crippen LogP contribution >= 0.6 is 0 Å². The van der Waals surface area contributed by atoms with Crippen LogP contribution in [0.2, 0.25) is 0 Å². The smallest absolute Gasteiger partial charge is 0.348 e. The maximum Gasteiger partial charge on any atom is 0.348 e. The van der Waals surface area contributed by atoms with Gasteiger partial charge in [-0.1, -0.05) is 12.1 Å². The standard InChI is InChI=1S/C15H13FN6O2/c16-10-4-2-1-3-8(10)12-19-13-9-7-21(14(17)23)6-5-11(9)18-15(24)22(13)20-12/h1-4H,5-7H2,(H2,17,23)(H,18,24). The molecule has 8 nitrogen and oxygen atoms in total. The highest BCUT2D eigenvalue weighted by atomic mass is 19.1. The zero-order chi connectivity index (χ0) is 16.8. The summed E-state index contributed by atoms with van der Waals surface area (Å²) in [5, 5.41) is 4.11. The van der Waals surface area contributed by atoms with Crippen molar-refractivity contribution in [2.24, 2.45) is 5.73 Å². The number of amides is 2. The topological polar surface area (TPSA) is 109 Å². The summed E-state index contributed by atoms with van der Waals surface area (Å²) < 4.78 is 15.1. The zero-order valence-electron chi connectivity index (χ0n) is 12.5. The van der Waals surface area contributed by atoms with Gasteiger partial charge in [-0.3, -0.25) is 0 Å². The first-order valence-electron chi connectivity index (χ1n) is 7.34. The number of nitrogens with two attached hydrogens (primary N) is 1. The molecule has 3 aromatic rings. The third kappa shape index (κ3) is 2.13. The molecule has 0 radical (unpaired) electrons. The predicted molar refractivity (Wildman–Crippen MR) is 82.7 cm³/mol. The Bertz CT molecular complexity index is 1020. The van der Waals surface area contributed by atoms with Crippen LogP contribution in [0.3, 0.4) is 0 Å². The van der Waals surface area contributed by atoms with Crippen molar-refractivity contribution in [1.82, 2.24) is 24.5 Å². The van der Waals surface area contributed by atoms with Crippen LogP contribution < -0.4 is 11.4 Å². The first-order chi connectivity index (χ1) is 11.5. The highest BCUT2D eigenvalue weighted by Crippen LogP contribution is 2.23. The number of halogens is 1. The Morgan fingerprint density at radius 2 is 2.12 bits per heavy atom. The molecular formula is C15H13FN6O2. The summed E-state index contributed by atoms with van der Waals surface area (Å²) in [4.78, 5) is 32.1. The average Bonchev–Trinajstić information content (AvgIpc) is 3.01. The Balaban J connectivity index is 1.93. The molecule has 3 heterocycles. The van der Waals surface area contributed by atoms with Crippen LogP contribution in [-0.2, 0) is 13.0 Å². The minimum Gasteiger partial charge on any atom is -0.351 e. The monoisotopic (exact) mass is 328 g/mol. The molecule has 0 aliphatic carbocycles. The number of carbonyl (C=O) groups is 1. The molecule has 0 unspecified atom stereocenters. The molecule has 0 fully saturated rings. The molecule has 122 valence electrons. The van der Waals surface area contributed by atoms with Gasteiger partial charge in [-0.25, -0.2) is 19.0 Å². The Morgan fingerprint density at radius 1 is 1.33 bits per heavy atom. The van der Waals surface area contributed by atoms with E-state index in [4.69, 9.17) is 5.73 Å². The largest absolute Gasteiger partial charge is 0.351 e. The molecule has 4 rings (SSSR count). The normalized spacial score (nSPS) is 14.0. The lowest BCUT2D eigenvalue weighted by molar-refractivity contribution is 0.202. The molecule has 0 atom stereocenters. The van der Waals surface area contributed by atoms with Crippen molar-refractivity contribution in [2.75, 3.05) is 6.54 Å². The van der Waals surface area contributed by atoms with Crippen molar-refractivity contribution in [1.29, 1.82) is 0 Å². The number of nitrogens with zero attached hydrogens (tertiary/aromatic N) is 4. The maximum absolute atomic E-state index is 14.0. The summed E-state index contributed by atoms with van der Waals surface area (Å²) >= 11 is 0. The van der Waals surface area contributed by atoms with E-state index in [-0.39, 0.29) is 17.9 Å². The summed E-state index contributed by atoms with van der Waals surface area (Å²) in [6.07, 6.45) is 0.464. The van der Waals surface area contributed by atoms with Crippen LogP contribution in [0.5, 0.6) is 0 Å². The van der Waals surface area contributed by atoms with Crippen molar-refractivity contribution in [3.63, 3.8) is 0 Å². The molecule has 0 bridgehead atoms. The number of H-pyrrole nitrogens is 1. The molecule has 2 aromatic heterocycles. The second-order valence-electron chi connectivity index (χ2n) is 5.55. The van der Waals surface area contributed by atoms with Gasteiger partial charge in [-0.15, -0.1) is 5.10 Å². The van der Waals surface area contributed by atoms with Gasteiger partial charge in [0.2, 0.25) is 0 Å². The van der Waals surface area contributed by atoms with Gasteiger partial charge in [0.05, 0.1) is 12.1 Å². The van der Waals surface area contributed by atoms with E-state index in [0.717, 1.165) is 4.52 Å². The van der Waals surface area contributed by atoms with Gasteiger partial charge < -0.3 is 15.6 Å². The number of urea groups is 1. The number of aromatic amines is 1. The molecule has 9 heteroatoms. The van der Waals surface area contributed by atoms with Crippen LogP contribution in [0.15, 0.2) is 29.1 Å². The number of benzene rings is 1. The highest BCUT2D eigenvalue weighted by Gasteiger charge is 2.25. The predicted octanol–water partition coefficient (Wildman–Crippen LogP) is 0.660. The van der Waals surface area contributed by atoms with Crippen molar-refractivity contribution in [3.8, 4) is 11.4 Å². The molecule has 1 aliphatic rings. The van der Waals surface area contributed by atoms with Crippen molar-refractivity contribution >= 4 is 11.7 Å². The number of carbonyl (C=O) groups excluding carboxylic acids is 1. The van der Waals surface area contributed by atoms with E-state index >= 15 is 0 Å². The third-order valence-electron chi connectivity index (χ3n) is 4.10. The fourth-order valence-corrected chi connectivity index (χ4v) is 2.88. The Kier molecular flexibility index (Phi) is 3.08. The zero-order valence-corrected chi connectivity index (χ0v) is 12.5. The average molecular weight is 328 g/mol. The summed E-state index contributed by atoms with van der Waals surface area (Å²) in [6.45, 7) is 0.642. The molecule has 0 saturated heterocycles. The lowest BCUT2D eigenvalue weighted by Gasteiger charge is -2.26. The fraction of sp³-hybridized carbons (Fsp3) is 0.200. The van der Waals surface area contributed by atoms with E-state index in [1.165, 1.54) is 11.0 Å². The molecule has 3 N–H and O–H groups in total. The first kappa shape index (κ1) is 14.4. The molecule has 0 spiro atoms. The maximum atomic E-state index is 14.0. The molecule has 2 amide bonds. The van der Waals surface area contributed by atoms with E-state index in [1.54, 1.807) is 18.2 Å². The second kappa shape index (κ2) is 5.15. The Hall–Kier alpha value is -3.23. The number of primary amides is 1. The molecular weight excluding hydrogens is 315 g/mol. The van der Waals surface area contributed by atoms with E-state index in [2.05, 4.69) is 15.1 Å². The van der Waals surface area contributed by atoms with E-state index < -0.39 is 17.5 Å². The summed E-state index contributed by atoms with van der Waals surface area (Å²) in [6, 6.07) is 5.53. The summed E-state index contributed by atoms with van der Waals surface area (Å²) in [7, 11) is 0. The minimum absolute atomic E-state index is 0.114. The Labute approximate surface area is 134 Å². The van der Waals surface area contributed by atoms with Crippen LogP contribution in [0.25, 0.3) is 17.0 Å². The Morgan fingerprint density at radius 3 is 2.88 bits per heavy atom. The number of hydrogen-bond donors (Lipinski definition) is 2. The first-order valence-corrected chi connectivity index (χ1v) is 7.34. The molecule has 24 heavy (non-hydrogen) atoms. The van der Waals surface area contributed by atoms with Crippen molar-refractivity contribution in [2.45, 2.75) is 13.0 Å². The number of aromatic nitrogens is 4. The number of nitrogens with one attached hydrogen (secondary N) is 1. The van der Waals surface area contributed by atoms with E-state index in [1.807, 2.05) is 0 Å². The second-order valence-corrected chi connectivity index (χ2v) is 5.55. The van der Waals surface area contributed by atoms with E-state index in [9.17, 15) is 14.0 Å². The SMILES string of the molecule is NC(=O)N1CCc2[nH]c(=O)n3nc(-c4ccccc4F)nc3c2C1. The van der Waals surface area contributed by atoms with Crippen LogP contribution in [0, 0.1) is 5.82 Å². The fourth-order valence-electron chi connectivity index (χ4n) is 2.88. The van der Waals surface area contributed by atoms with Gasteiger partial charge in [0, 0.05) is 24.2 Å². The summed E-state index contributed by atoms with van der Waals surface area (Å²) in [5.74, 6) is -0.360. The van der Waals surface area contributed by atoms with Gasteiger partial charge in [-0.05, 0) is 12.1 Å². The lowest BCUT2D eigenvalue weighted by Crippen LogP contribution is -2.41. The van der Waals surface area contributed by atoms with Crippen molar-refractivity contribution in [3.05, 3.63) is 51.8 Å². The van der Waals surface area contributed by atoms with Crippen LogP contribution in [0.4, 0.5) is 9.18 Å².